The van der Waals surface area contributed by atoms with Gasteiger partial charge in [-0.2, -0.15) is 10.1 Å². The number of nitrogens with zero attached hydrogens (tertiary/aromatic N) is 3. The van der Waals surface area contributed by atoms with E-state index in [2.05, 4.69) is 57.9 Å². The Hall–Kier alpha value is -2.21. The highest BCUT2D eigenvalue weighted by Gasteiger charge is 2.15. The van der Waals surface area contributed by atoms with Gasteiger partial charge in [-0.05, 0) is 43.9 Å². The van der Waals surface area contributed by atoms with E-state index < -0.39 is 0 Å². The summed E-state index contributed by atoms with van der Waals surface area (Å²) in [5, 5.41) is 14.5. The molecule has 22 heavy (non-hydrogen) atoms. The van der Waals surface area contributed by atoms with E-state index in [-0.39, 0.29) is 6.10 Å². The fourth-order valence-electron chi connectivity index (χ4n) is 2.46. The summed E-state index contributed by atoms with van der Waals surface area (Å²) >= 11 is 0. The van der Waals surface area contributed by atoms with Gasteiger partial charge in [0.1, 0.15) is 0 Å². The number of benzene rings is 1. The summed E-state index contributed by atoms with van der Waals surface area (Å²) in [5.41, 5.74) is 3.33. The van der Waals surface area contributed by atoms with Crippen LogP contribution in [-0.4, -0.2) is 34.4 Å². The van der Waals surface area contributed by atoms with Crippen molar-refractivity contribution >= 4 is 17.5 Å². The summed E-state index contributed by atoms with van der Waals surface area (Å²) in [6.07, 6.45) is 4.13. The molecule has 1 unspecified atom stereocenters. The van der Waals surface area contributed by atoms with E-state index in [9.17, 15) is 0 Å². The first-order valence-electron chi connectivity index (χ1n) is 7.60. The van der Waals surface area contributed by atoms with Crippen LogP contribution in [0.1, 0.15) is 24.0 Å². The second-order valence-electron chi connectivity index (χ2n) is 5.62. The molecule has 3 rings (SSSR count). The number of nitrogens with one attached hydrogen (secondary N) is 2. The van der Waals surface area contributed by atoms with Gasteiger partial charge in [-0.3, -0.25) is 0 Å². The molecule has 1 aromatic carbocycles. The Balaban J connectivity index is 1.66. The average molecular weight is 299 g/mol. The summed E-state index contributed by atoms with van der Waals surface area (Å²) in [6.45, 7) is 5.72. The summed E-state index contributed by atoms with van der Waals surface area (Å²) in [6, 6.07) is 6.23. The zero-order valence-electron chi connectivity index (χ0n) is 13.0. The lowest BCUT2D eigenvalue weighted by molar-refractivity contribution is 0.120. The molecule has 0 amide bonds. The fraction of sp³-hybridized carbons (Fsp3) is 0.438. The van der Waals surface area contributed by atoms with Gasteiger partial charge in [-0.1, -0.05) is 12.1 Å². The molecule has 1 fully saturated rings. The number of ether oxygens (including phenoxy) is 1. The molecule has 0 saturated carbocycles. The highest BCUT2D eigenvalue weighted by molar-refractivity contribution is 5.59. The van der Waals surface area contributed by atoms with Gasteiger partial charge in [0.25, 0.3) is 0 Å². The lowest BCUT2D eigenvalue weighted by Crippen LogP contribution is -2.19. The third-order valence-corrected chi connectivity index (χ3v) is 3.73. The van der Waals surface area contributed by atoms with Crippen LogP contribution in [0.3, 0.4) is 0 Å². The van der Waals surface area contributed by atoms with E-state index in [4.69, 9.17) is 4.74 Å². The summed E-state index contributed by atoms with van der Waals surface area (Å²) in [5.74, 6) is 1.20. The smallest absolute Gasteiger partial charge is 0.249 e. The average Bonchev–Trinajstić information content (AvgIpc) is 3.03. The van der Waals surface area contributed by atoms with Crippen LogP contribution in [0, 0.1) is 13.8 Å². The Morgan fingerprint density at radius 2 is 2.23 bits per heavy atom. The van der Waals surface area contributed by atoms with Crippen LogP contribution in [-0.2, 0) is 4.74 Å². The highest BCUT2D eigenvalue weighted by Crippen LogP contribution is 2.20. The van der Waals surface area contributed by atoms with E-state index in [1.165, 1.54) is 5.56 Å². The zero-order valence-corrected chi connectivity index (χ0v) is 13.0. The van der Waals surface area contributed by atoms with Gasteiger partial charge in [-0.15, -0.1) is 5.10 Å². The van der Waals surface area contributed by atoms with Crippen molar-refractivity contribution in [3.05, 3.63) is 35.5 Å². The van der Waals surface area contributed by atoms with Gasteiger partial charge in [0.05, 0.1) is 12.3 Å². The number of rotatable bonds is 5. The molecule has 1 aromatic heterocycles. The van der Waals surface area contributed by atoms with Gasteiger partial charge >= 0.3 is 0 Å². The maximum atomic E-state index is 5.59. The molecule has 1 aliphatic heterocycles. The Kier molecular flexibility index (Phi) is 4.48. The third-order valence-electron chi connectivity index (χ3n) is 3.73. The van der Waals surface area contributed by atoms with Gasteiger partial charge in [0.2, 0.25) is 5.95 Å². The van der Waals surface area contributed by atoms with Crippen LogP contribution >= 0.6 is 0 Å². The second kappa shape index (κ2) is 6.70. The minimum Gasteiger partial charge on any atom is -0.376 e. The number of hydrogen-bond acceptors (Lipinski definition) is 6. The Morgan fingerprint density at radius 1 is 1.32 bits per heavy atom. The van der Waals surface area contributed by atoms with E-state index in [0.717, 1.165) is 37.2 Å². The monoisotopic (exact) mass is 299 g/mol. The molecule has 1 saturated heterocycles. The molecule has 0 bridgehead atoms. The minimum atomic E-state index is 0.269. The first-order chi connectivity index (χ1) is 10.7. The molecule has 2 heterocycles. The van der Waals surface area contributed by atoms with Gasteiger partial charge in [0.15, 0.2) is 5.82 Å². The molecular weight excluding hydrogens is 278 g/mol. The lowest BCUT2D eigenvalue weighted by Gasteiger charge is -2.12. The predicted molar refractivity (Wildman–Crippen MR) is 86.5 cm³/mol. The molecule has 6 heteroatoms. The van der Waals surface area contributed by atoms with E-state index in [1.54, 1.807) is 6.20 Å². The lowest BCUT2D eigenvalue weighted by atomic mass is 10.1. The van der Waals surface area contributed by atoms with Crippen molar-refractivity contribution in [3.8, 4) is 0 Å². The predicted octanol–water partition coefficient (Wildman–Crippen LogP) is 2.82. The molecule has 1 atom stereocenters. The quantitative estimate of drug-likeness (QED) is 0.884. The number of hydrogen-bond donors (Lipinski definition) is 2. The van der Waals surface area contributed by atoms with Gasteiger partial charge in [0, 0.05) is 18.8 Å². The SMILES string of the molecule is Cc1ccc(C)c(Nc2nncc(NCC3CCCO3)n2)c1. The Labute approximate surface area is 130 Å². The van der Waals surface area contributed by atoms with Crippen molar-refractivity contribution in [1.82, 2.24) is 15.2 Å². The summed E-state index contributed by atoms with van der Waals surface area (Å²) < 4.78 is 5.59. The van der Waals surface area contributed by atoms with E-state index in [1.807, 2.05) is 0 Å². The number of anilines is 3. The molecule has 0 spiro atoms. The molecule has 1 aliphatic rings. The van der Waals surface area contributed by atoms with Crippen molar-refractivity contribution in [1.29, 1.82) is 0 Å². The van der Waals surface area contributed by atoms with Gasteiger partial charge in [-0.25, -0.2) is 0 Å². The maximum absolute atomic E-state index is 5.59. The Morgan fingerprint density at radius 3 is 3.05 bits per heavy atom. The molecule has 0 radical (unpaired) electrons. The van der Waals surface area contributed by atoms with Crippen LogP contribution in [0.5, 0.6) is 0 Å². The van der Waals surface area contributed by atoms with Crippen LogP contribution < -0.4 is 10.6 Å². The summed E-state index contributed by atoms with van der Waals surface area (Å²) in [7, 11) is 0. The maximum Gasteiger partial charge on any atom is 0.249 e. The van der Waals surface area contributed by atoms with E-state index in [0.29, 0.717) is 11.8 Å². The minimum absolute atomic E-state index is 0.269. The second-order valence-corrected chi connectivity index (χ2v) is 5.62. The summed E-state index contributed by atoms with van der Waals surface area (Å²) in [4.78, 5) is 4.45. The van der Waals surface area contributed by atoms with Crippen molar-refractivity contribution in [3.63, 3.8) is 0 Å². The molecule has 0 aliphatic carbocycles. The van der Waals surface area contributed by atoms with Crippen molar-refractivity contribution < 1.29 is 4.74 Å². The van der Waals surface area contributed by atoms with Crippen LogP contribution in [0.2, 0.25) is 0 Å². The molecule has 2 aromatic rings. The molecule has 6 nitrogen and oxygen atoms in total. The first-order valence-corrected chi connectivity index (χ1v) is 7.60. The Bertz CT molecular complexity index is 640. The molecule has 116 valence electrons. The van der Waals surface area contributed by atoms with Crippen molar-refractivity contribution in [2.45, 2.75) is 32.8 Å². The van der Waals surface area contributed by atoms with Crippen molar-refractivity contribution in [2.24, 2.45) is 0 Å². The zero-order chi connectivity index (χ0) is 15.4. The fourth-order valence-corrected chi connectivity index (χ4v) is 2.46. The first kappa shape index (κ1) is 14.7. The van der Waals surface area contributed by atoms with Crippen LogP contribution in [0.25, 0.3) is 0 Å². The third kappa shape index (κ3) is 3.71. The topological polar surface area (TPSA) is 72.0 Å². The van der Waals surface area contributed by atoms with Gasteiger partial charge < -0.3 is 15.4 Å². The van der Waals surface area contributed by atoms with Crippen LogP contribution in [0.15, 0.2) is 24.4 Å². The molecule has 2 N–H and O–H groups in total. The van der Waals surface area contributed by atoms with Crippen molar-refractivity contribution in [2.75, 3.05) is 23.8 Å². The standard InChI is InChI=1S/C16H21N5O/c1-11-5-6-12(2)14(8-11)19-16-20-15(10-18-21-16)17-9-13-4-3-7-22-13/h5-6,8,10,13H,3-4,7,9H2,1-2H3,(H2,17,19,20,21). The number of aryl methyl sites for hydroxylation is 2. The normalized spacial score (nSPS) is 17.5. The van der Waals surface area contributed by atoms with E-state index >= 15 is 0 Å². The molecular formula is C16H21N5O. The highest BCUT2D eigenvalue weighted by atomic mass is 16.5. The number of aromatic nitrogens is 3. The largest absolute Gasteiger partial charge is 0.376 e. The van der Waals surface area contributed by atoms with Crippen LogP contribution in [0.4, 0.5) is 17.5 Å².